The molecular weight excluding hydrogens is 331 g/mol. The summed E-state index contributed by atoms with van der Waals surface area (Å²) in [6.07, 6.45) is -3.67. The molecule has 1 atom stereocenters. The Labute approximate surface area is 144 Å². The second kappa shape index (κ2) is 6.96. The average Bonchev–Trinajstić information content (AvgIpc) is 2.60. The topological polar surface area (TPSA) is 30.5 Å². The van der Waals surface area contributed by atoms with Crippen LogP contribution in [0.1, 0.15) is 35.2 Å². The van der Waals surface area contributed by atoms with Gasteiger partial charge in [0.15, 0.2) is 11.5 Å². The number of halogens is 3. The molecule has 0 aromatic heterocycles. The molecular formula is C19H20F3NO2. The molecule has 6 heteroatoms. The van der Waals surface area contributed by atoms with Crippen molar-refractivity contribution in [3.8, 4) is 11.5 Å². The van der Waals surface area contributed by atoms with E-state index in [0.717, 1.165) is 23.6 Å². The van der Waals surface area contributed by atoms with Crippen molar-refractivity contribution in [1.82, 2.24) is 5.32 Å². The van der Waals surface area contributed by atoms with Gasteiger partial charge in [0.05, 0.1) is 25.3 Å². The Morgan fingerprint density at radius 3 is 2.56 bits per heavy atom. The van der Waals surface area contributed by atoms with Gasteiger partial charge in [0.25, 0.3) is 0 Å². The zero-order valence-corrected chi connectivity index (χ0v) is 14.1. The maximum absolute atomic E-state index is 13.4. The van der Waals surface area contributed by atoms with E-state index in [1.165, 1.54) is 12.1 Å². The van der Waals surface area contributed by atoms with Crippen molar-refractivity contribution >= 4 is 0 Å². The first kappa shape index (κ1) is 17.6. The molecule has 2 aromatic carbocycles. The van der Waals surface area contributed by atoms with Gasteiger partial charge >= 0.3 is 6.18 Å². The number of rotatable bonds is 4. The summed E-state index contributed by atoms with van der Waals surface area (Å²) in [5.74, 6) is 1.15. The van der Waals surface area contributed by atoms with E-state index in [-0.39, 0.29) is 5.56 Å². The van der Waals surface area contributed by atoms with Gasteiger partial charge in [0, 0.05) is 6.54 Å². The first-order valence-electron chi connectivity index (χ1n) is 8.18. The molecule has 0 saturated carbocycles. The van der Waals surface area contributed by atoms with E-state index >= 15 is 0 Å². The Balaban J connectivity index is 2.13. The van der Waals surface area contributed by atoms with E-state index < -0.39 is 17.8 Å². The number of alkyl halides is 3. The number of methoxy groups -OCH3 is 1. The first-order chi connectivity index (χ1) is 12.0. The van der Waals surface area contributed by atoms with Crippen LogP contribution < -0.4 is 14.8 Å². The lowest BCUT2D eigenvalue weighted by Crippen LogP contribution is -2.32. The van der Waals surface area contributed by atoms with Crippen LogP contribution in [-0.4, -0.2) is 20.3 Å². The Hall–Kier alpha value is -2.21. The summed E-state index contributed by atoms with van der Waals surface area (Å²) < 4.78 is 51.2. The van der Waals surface area contributed by atoms with Crippen molar-refractivity contribution in [2.75, 3.05) is 20.3 Å². The third kappa shape index (κ3) is 3.44. The van der Waals surface area contributed by atoms with Gasteiger partial charge in [-0.2, -0.15) is 13.2 Å². The molecule has 1 aliphatic heterocycles. The van der Waals surface area contributed by atoms with E-state index in [4.69, 9.17) is 9.47 Å². The summed E-state index contributed by atoms with van der Waals surface area (Å²) in [6, 6.07) is 8.82. The maximum atomic E-state index is 13.4. The number of benzene rings is 2. The quantitative estimate of drug-likeness (QED) is 0.888. The molecule has 1 N–H and O–H groups in total. The molecule has 1 unspecified atom stereocenters. The highest BCUT2D eigenvalue weighted by molar-refractivity contribution is 5.52. The molecule has 3 nitrogen and oxygen atoms in total. The fourth-order valence-electron chi connectivity index (χ4n) is 3.28. The molecule has 3 rings (SSSR count). The van der Waals surface area contributed by atoms with Gasteiger partial charge in [-0.25, -0.2) is 0 Å². The van der Waals surface area contributed by atoms with Crippen LogP contribution in [0, 0.1) is 0 Å². The van der Waals surface area contributed by atoms with Crippen molar-refractivity contribution in [1.29, 1.82) is 0 Å². The summed E-state index contributed by atoms with van der Waals surface area (Å²) in [6.45, 7) is 2.90. The van der Waals surface area contributed by atoms with Crippen LogP contribution in [0.5, 0.6) is 11.5 Å². The van der Waals surface area contributed by atoms with Crippen LogP contribution in [0.25, 0.3) is 0 Å². The first-order valence-corrected chi connectivity index (χ1v) is 8.18. The number of nitrogens with one attached hydrogen (secondary N) is 1. The van der Waals surface area contributed by atoms with Crippen molar-refractivity contribution in [3.05, 3.63) is 58.7 Å². The lowest BCUT2D eigenvalue weighted by Gasteiger charge is -2.30. The normalized spacial score (nSPS) is 17.1. The number of hydrogen-bond acceptors (Lipinski definition) is 3. The van der Waals surface area contributed by atoms with Crippen LogP contribution >= 0.6 is 0 Å². The third-order valence-corrected chi connectivity index (χ3v) is 4.36. The van der Waals surface area contributed by atoms with Crippen molar-refractivity contribution in [3.63, 3.8) is 0 Å². The van der Waals surface area contributed by atoms with Crippen LogP contribution in [0.15, 0.2) is 36.4 Å². The molecule has 0 amide bonds. The summed E-state index contributed by atoms with van der Waals surface area (Å²) in [7, 11) is 1.56. The minimum absolute atomic E-state index is 0.226. The fraction of sp³-hybridized carbons (Fsp3) is 0.368. The molecule has 0 bridgehead atoms. The van der Waals surface area contributed by atoms with Gasteiger partial charge in [-0.1, -0.05) is 18.2 Å². The Kier molecular flexibility index (Phi) is 4.90. The van der Waals surface area contributed by atoms with Crippen molar-refractivity contribution in [2.24, 2.45) is 0 Å². The molecule has 2 aromatic rings. The third-order valence-electron chi connectivity index (χ3n) is 4.36. The number of hydrogen-bond donors (Lipinski definition) is 1. The molecule has 0 fully saturated rings. The lowest BCUT2D eigenvalue weighted by molar-refractivity contribution is -0.138. The lowest BCUT2D eigenvalue weighted by atomic mass is 9.87. The van der Waals surface area contributed by atoms with Gasteiger partial charge in [0.2, 0.25) is 0 Å². The highest BCUT2D eigenvalue weighted by Gasteiger charge is 2.36. The minimum Gasteiger partial charge on any atom is -0.493 e. The van der Waals surface area contributed by atoms with Crippen LogP contribution in [0.3, 0.4) is 0 Å². The minimum atomic E-state index is -4.40. The number of ether oxygens (including phenoxy) is 2. The predicted molar refractivity (Wildman–Crippen MR) is 89.2 cm³/mol. The summed E-state index contributed by atoms with van der Waals surface area (Å²) in [4.78, 5) is 0. The zero-order valence-electron chi connectivity index (χ0n) is 14.1. The standard InChI is InChI=1S/C19H20F3NO2/c1-3-25-17-11-14-12(10-16(17)24-2)8-9-23-18(14)13-6-4-5-7-15(13)19(20,21)22/h4-7,10-11,18,23H,3,8-9H2,1-2H3. The van der Waals surface area contributed by atoms with Crippen molar-refractivity contribution in [2.45, 2.75) is 25.6 Å². The monoisotopic (exact) mass is 351 g/mol. The molecule has 0 radical (unpaired) electrons. The molecule has 0 saturated heterocycles. The molecule has 25 heavy (non-hydrogen) atoms. The molecule has 0 spiro atoms. The molecule has 1 aliphatic rings. The smallest absolute Gasteiger partial charge is 0.416 e. The van der Waals surface area contributed by atoms with E-state index in [0.29, 0.717) is 24.7 Å². The Bertz CT molecular complexity index is 759. The van der Waals surface area contributed by atoms with Crippen LogP contribution in [-0.2, 0) is 12.6 Å². The van der Waals surface area contributed by atoms with Crippen LogP contribution in [0.2, 0.25) is 0 Å². The summed E-state index contributed by atoms with van der Waals surface area (Å²) in [5.41, 5.74) is 1.38. The van der Waals surface area contributed by atoms with E-state index in [1.807, 2.05) is 13.0 Å². The van der Waals surface area contributed by atoms with Gasteiger partial charge in [-0.05, 0) is 48.2 Å². The van der Waals surface area contributed by atoms with E-state index in [1.54, 1.807) is 19.2 Å². The predicted octanol–water partition coefficient (Wildman–Crippen LogP) is 4.35. The van der Waals surface area contributed by atoms with Crippen LogP contribution in [0.4, 0.5) is 13.2 Å². The Morgan fingerprint density at radius 2 is 1.88 bits per heavy atom. The molecule has 134 valence electrons. The SMILES string of the molecule is CCOc1cc2c(cc1OC)CCNC2c1ccccc1C(F)(F)F. The molecule has 0 aliphatic carbocycles. The van der Waals surface area contributed by atoms with Gasteiger partial charge < -0.3 is 14.8 Å². The second-order valence-electron chi connectivity index (χ2n) is 5.86. The van der Waals surface area contributed by atoms with Gasteiger partial charge in [-0.3, -0.25) is 0 Å². The van der Waals surface area contributed by atoms with Crippen molar-refractivity contribution < 1.29 is 22.6 Å². The summed E-state index contributed by atoms with van der Waals surface area (Å²) in [5, 5.41) is 3.21. The van der Waals surface area contributed by atoms with Gasteiger partial charge in [0.1, 0.15) is 0 Å². The van der Waals surface area contributed by atoms with E-state index in [9.17, 15) is 13.2 Å². The highest BCUT2D eigenvalue weighted by Crippen LogP contribution is 2.41. The second-order valence-corrected chi connectivity index (χ2v) is 5.86. The maximum Gasteiger partial charge on any atom is 0.416 e. The zero-order chi connectivity index (χ0) is 18.0. The largest absolute Gasteiger partial charge is 0.493 e. The summed E-state index contributed by atoms with van der Waals surface area (Å²) >= 11 is 0. The molecule has 1 heterocycles. The Morgan fingerprint density at radius 1 is 1.12 bits per heavy atom. The van der Waals surface area contributed by atoms with E-state index in [2.05, 4.69) is 5.32 Å². The highest BCUT2D eigenvalue weighted by atomic mass is 19.4. The average molecular weight is 351 g/mol. The fourth-order valence-corrected chi connectivity index (χ4v) is 3.28. The van der Waals surface area contributed by atoms with Gasteiger partial charge in [-0.15, -0.1) is 0 Å². The number of fused-ring (bicyclic) bond motifs is 1.